The van der Waals surface area contributed by atoms with Gasteiger partial charge < -0.3 is 0 Å². The molecule has 0 aliphatic carbocycles. The van der Waals surface area contributed by atoms with E-state index < -0.39 is 8.07 Å². The molecule has 2 aromatic carbocycles. The molecule has 0 fully saturated rings. The van der Waals surface area contributed by atoms with Gasteiger partial charge in [0.25, 0.3) is 0 Å². The highest BCUT2D eigenvalue weighted by Crippen LogP contribution is 2.24. The van der Waals surface area contributed by atoms with E-state index in [1.165, 1.54) is 36.0 Å². The van der Waals surface area contributed by atoms with Gasteiger partial charge in [-0.25, -0.2) is 0 Å². The number of rotatable bonds is 5. The van der Waals surface area contributed by atoms with Crippen LogP contribution in [0.3, 0.4) is 0 Å². The van der Waals surface area contributed by atoms with Gasteiger partial charge in [0.2, 0.25) is 0 Å². The molecule has 0 radical (unpaired) electrons. The molecule has 0 aliphatic rings. The summed E-state index contributed by atoms with van der Waals surface area (Å²) in [5.41, 5.74) is 5.79. The second-order valence-corrected chi connectivity index (χ2v) is 12.0. The number of aryl methyl sites for hydroxylation is 2. The average Bonchev–Trinajstić information content (AvgIpc) is 2.44. The largest absolute Gasteiger partial charge is 0.0783 e. The number of hydrogen-bond donors (Lipinski definition) is 0. The lowest BCUT2D eigenvalue weighted by molar-refractivity contribution is 0.797. The minimum Gasteiger partial charge on any atom is -0.0656 e. The third kappa shape index (κ3) is 3.85. The molecule has 21 heavy (non-hydrogen) atoms. The fourth-order valence-electron chi connectivity index (χ4n) is 3.30. The van der Waals surface area contributed by atoms with Crippen LogP contribution in [-0.4, -0.2) is 8.07 Å². The van der Waals surface area contributed by atoms with Gasteiger partial charge in [-0.2, -0.15) is 0 Å². The average molecular weight is 297 g/mol. The van der Waals surface area contributed by atoms with E-state index in [0.717, 1.165) is 0 Å². The number of benzene rings is 2. The van der Waals surface area contributed by atoms with Crippen LogP contribution in [0.25, 0.3) is 11.1 Å². The first kappa shape index (κ1) is 16.0. The molecule has 0 saturated heterocycles. The van der Waals surface area contributed by atoms with Gasteiger partial charge in [0.15, 0.2) is 0 Å². The Labute approximate surface area is 131 Å². The van der Waals surface area contributed by atoms with Gasteiger partial charge in [0, 0.05) is 0 Å². The van der Waals surface area contributed by atoms with Crippen LogP contribution in [0.15, 0.2) is 42.5 Å². The lowest BCUT2D eigenvalue weighted by atomic mass is 9.97. The summed E-state index contributed by atoms with van der Waals surface area (Å²) in [6, 6.07) is 15.6. The molecule has 0 aliphatic heterocycles. The van der Waals surface area contributed by atoms with Crippen molar-refractivity contribution in [1.29, 1.82) is 0 Å². The third-order valence-electron chi connectivity index (χ3n) is 4.07. The summed E-state index contributed by atoms with van der Waals surface area (Å²) in [6.45, 7) is 12.0. The van der Waals surface area contributed by atoms with Crippen molar-refractivity contribution in [1.82, 2.24) is 0 Å². The monoisotopic (exact) mass is 296 g/mol. The van der Waals surface area contributed by atoms with Crippen molar-refractivity contribution in [3.05, 3.63) is 53.6 Å². The molecular weight excluding hydrogens is 268 g/mol. The van der Waals surface area contributed by atoms with Crippen molar-refractivity contribution in [3.8, 4) is 11.1 Å². The van der Waals surface area contributed by atoms with Gasteiger partial charge in [-0.3, -0.25) is 0 Å². The zero-order chi connectivity index (χ0) is 15.5. The van der Waals surface area contributed by atoms with Crippen molar-refractivity contribution < 1.29 is 0 Å². The van der Waals surface area contributed by atoms with Crippen LogP contribution in [0.4, 0.5) is 0 Å². The molecule has 0 spiro atoms. The van der Waals surface area contributed by atoms with E-state index >= 15 is 0 Å². The maximum atomic E-state index is 2.47. The summed E-state index contributed by atoms with van der Waals surface area (Å²) in [6.07, 6.45) is 3.77. The highest BCUT2D eigenvalue weighted by Gasteiger charge is 2.22. The molecule has 0 unspecified atom stereocenters. The Morgan fingerprint density at radius 2 is 1.57 bits per heavy atom. The Morgan fingerprint density at radius 1 is 0.905 bits per heavy atom. The van der Waals surface area contributed by atoms with Crippen LogP contribution in [0.1, 0.15) is 30.9 Å². The molecule has 112 valence electrons. The molecule has 1 heteroatoms. The van der Waals surface area contributed by atoms with Crippen LogP contribution in [0, 0.1) is 6.92 Å². The quantitative estimate of drug-likeness (QED) is 0.635. The smallest absolute Gasteiger partial charge is 0.0656 e. The van der Waals surface area contributed by atoms with Crippen LogP contribution < -0.4 is 5.19 Å². The van der Waals surface area contributed by atoms with Crippen LogP contribution in [0.5, 0.6) is 0 Å². The first-order valence-corrected chi connectivity index (χ1v) is 11.6. The van der Waals surface area contributed by atoms with Gasteiger partial charge in [0.1, 0.15) is 0 Å². The first-order valence-electron chi connectivity index (χ1n) is 8.13. The van der Waals surface area contributed by atoms with E-state index in [1.807, 2.05) is 0 Å². The lowest BCUT2D eigenvalue weighted by Crippen LogP contribution is -2.42. The molecule has 0 nitrogen and oxygen atoms in total. The first-order chi connectivity index (χ1) is 9.93. The molecule has 0 N–H and O–H groups in total. The summed E-state index contributed by atoms with van der Waals surface area (Å²) in [5.74, 6) is 0. The van der Waals surface area contributed by atoms with E-state index in [1.54, 1.807) is 10.8 Å². The van der Waals surface area contributed by atoms with Crippen molar-refractivity contribution in [3.63, 3.8) is 0 Å². The molecular formula is C20H28Si. The standard InChI is InChI=1S/C20H28Si/c1-6-7-11-18-15-19(17-12-9-8-10-13-17)14-16(2)20(18)21(3,4)5/h8-10,12-15H,6-7,11H2,1-5H3. The zero-order valence-electron chi connectivity index (χ0n) is 14.2. The molecule has 0 bridgehead atoms. The van der Waals surface area contributed by atoms with Gasteiger partial charge >= 0.3 is 0 Å². The van der Waals surface area contributed by atoms with Gasteiger partial charge in [0.05, 0.1) is 8.07 Å². The predicted octanol–water partition coefficient (Wildman–Crippen LogP) is 5.55. The normalized spacial score (nSPS) is 11.7. The summed E-state index contributed by atoms with van der Waals surface area (Å²) in [4.78, 5) is 0. The van der Waals surface area contributed by atoms with Gasteiger partial charge in [-0.05, 0) is 36.5 Å². The molecule has 0 aromatic heterocycles. The lowest BCUT2D eigenvalue weighted by Gasteiger charge is -2.25. The van der Waals surface area contributed by atoms with Crippen LogP contribution in [-0.2, 0) is 6.42 Å². The Bertz CT molecular complexity index is 591. The van der Waals surface area contributed by atoms with Crippen molar-refractivity contribution in [2.75, 3.05) is 0 Å². The maximum Gasteiger partial charge on any atom is 0.0783 e. The van der Waals surface area contributed by atoms with Crippen molar-refractivity contribution in [2.24, 2.45) is 0 Å². The molecule has 0 amide bonds. The molecule has 2 aromatic rings. The molecule has 0 atom stereocenters. The van der Waals surface area contributed by atoms with E-state index in [2.05, 4.69) is 76.0 Å². The second-order valence-electron chi connectivity index (χ2n) is 7.05. The fourth-order valence-corrected chi connectivity index (χ4v) is 5.71. The summed E-state index contributed by atoms with van der Waals surface area (Å²) < 4.78 is 0. The van der Waals surface area contributed by atoms with Crippen molar-refractivity contribution >= 4 is 13.3 Å². The van der Waals surface area contributed by atoms with E-state index in [-0.39, 0.29) is 0 Å². The highest BCUT2D eigenvalue weighted by molar-refractivity contribution is 6.89. The van der Waals surface area contributed by atoms with Gasteiger partial charge in [-0.15, -0.1) is 0 Å². The minimum absolute atomic E-state index is 1.22. The van der Waals surface area contributed by atoms with Crippen LogP contribution >= 0.6 is 0 Å². The second kappa shape index (κ2) is 6.61. The molecule has 0 saturated carbocycles. The Kier molecular flexibility index (Phi) is 5.05. The third-order valence-corrected chi connectivity index (χ3v) is 6.29. The van der Waals surface area contributed by atoms with E-state index in [4.69, 9.17) is 0 Å². The fraction of sp³-hybridized carbons (Fsp3) is 0.400. The Hall–Kier alpha value is -1.34. The van der Waals surface area contributed by atoms with E-state index in [9.17, 15) is 0 Å². The highest BCUT2D eigenvalue weighted by atomic mass is 28.3. The minimum atomic E-state index is -1.30. The Morgan fingerprint density at radius 3 is 2.14 bits per heavy atom. The number of hydrogen-bond acceptors (Lipinski definition) is 0. The molecule has 0 heterocycles. The summed E-state index contributed by atoms with van der Waals surface area (Å²) >= 11 is 0. The SMILES string of the molecule is CCCCc1cc(-c2ccccc2)cc(C)c1[Si](C)(C)C. The summed E-state index contributed by atoms with van der Waals surface area (Å²) in [7, 11) is -1.30. The topological polar surface area (TPSA) is 0 Å². The zero-order valence-corrected chi connectivity index (χ0v) is 15.2. The predicted molar refractivity (Wildman–Crippen MR) is 98.2 cm³/mol. The molecule has 2 rings (SSSR count). The van der Waals surface area contributed by atoms with Crippen molar-refractivity contribution in [2.45, 2.75) is 52.8 Å². The summed E-state index contributed by atoms with van der Waals surface area (Å²) in [5, 5.41) is 1.68. The van der Waals surface area contributed by atoms with Crippen LogP contribution in [0.2, 0.25) is 19.6 Å². The number of unbranched alkanes of at least 4 members (excludes halogenated alkanes) is 1. The van der Waals surface area contributed by atoms with E-state index in [0.29, 0.717) is 0 Å². The Balaban J connectivity index is 2.55. The van der Waals surface area contributed by atoms with Gasteiger partial charge in [-0.1, -0.05) is 86.2 Å². The maximum absolute atomic E-state index is 2.47.